The Balaban J connectivity index is 0.000000147. The van der Waals surface area contributed by atoms with Crippen molar-refractivity contribution < 1.29 is 0 Å². The van der Waals surface area contributed by atoms with Crippen molar-refractivity contribution in [2.75, 3.05) is 0 Å². The molecule has 0 bridgehead atoms. The summed E-state index contributed by atoms with van der Waals surface area (Å²) in [5.74, 6) is 1.40. The number of nitriles is 2. The Labute approximate surface area is 684 Å². The van der Waals surface area contributed by atoms with Crippen molar-refractivity contribution in [1.29, 1.82) is 10.5 Å². The van der Waals surface area contributed by atoms with Crippen LogP contribution >= 0.6 is 0 Å². The van der Waals surface area contributed by atoms with Crippen LogP contribution < -0.4 is 0 Å². The first-order valence-electron chi connectivity index (χ1n) is 39.7. The van der Waals surface area contributed by atoms with E-state index < -0.39 is 0 Å². The summed E-state index contributed by atoms with van der Waals surface area (Å²) < 4.78 is 0. The summed E-state index contributed by atoms with van der Waals surface area (Å²) in [5.41, 5.74) is 37.4. The number of rotatable bonds is 13. The Bertz CT molecular complexity index is 7230. The summed E-state index contributed by atoms with van der Waals surface area (Å²) in [6.45, 7) is 0. The fraction of sp³-hybridized carbons (Fsp3) is 0. The molecule has 546 valence electrons. The van der Waals surface area contributed by atoms with Crippen molar-refractivity contribution in [3.05, 3.63) is 424 Å². The minimum absolute atomic E-state index is 0.655. The molecular formula is C112H68N6. The van der Waals surface area contributed by atoms with Crippen LogP contribution in [0.15, 0.2) is 413 Å². The molecule has 118 heavy (non-hydrogen) atoms. The molecule has 0 unspecified atom stereocenters. The molecule has 2 aliphatic carbocycles. The van der Waals surface area contributed by atoms with Gasteiger partial charge in [0.25, 0.3) is 0 Å². The monoisotopic (exact) mass is 1500 g/mol. The average molecular weight is 1500 g/mol. The summed E-state index contributed by atoms with van der Waals surface area (Å²) in [5, 5.41) is 26.4. The molecule has 0 fully saturated rings. The minimum Gasteiger partial charge on any atom is -0.228 e. The van der Waals surface area contributed by atoms with Crippen LogP contribution in [-0.2, 0) is 0 Å². The molecule has 0 saturated carbocycles. The summed E-state index contributed by atoms with van der Waals surface area (Å²) in [4.78, 5) is 20.1. The lowest BCUT2D eigenvalue weighted by atomic mass is 9.85. The number of nitrogens with zero attached hydrogens (tertiary/aromatic N) is 6. The largest absolute Gasteiger partial charge is 0.228 e. The van der Waals surface area contributed by atoms with E-state index in [9.17, 15) is 10.5 Å². The van der Waals surface area contributed by atoms with Crippen molar-refractivity contribution in [2.24, 2.45) is 0 Å². The molecular weight excluding hydrogens is 1430 g/mol. The Morgan fingerprint density at radius 1 is 0.153 bits per heavy atom. The van der Waals surface area contributed by atoms with Gasteiger partial charge in [-0.1, -0.05) is 376 Å². The van der Waals surface area contributed by atoms with Crippen molar-refractivity contribution >= 4 is 32.3 Å². The van der Waals surface area contributed by atoms with E-state index in [0.29, 0.717) is 22.8 Å². The summed E-state index contributed by atoms with van der Waals surface area (Å²) >= 11 is 0. The SMILES string of the molecule is N#Cc1ccc(-c2ccc3c4c(ccc(-c5ccc(-c6ccc(-c7ccc(-c8nc(-c9ccccc9)cc(-c9ccccc9)n8)cc7)cc6)cc5)c24)-c2ccccc2-3)cc1.N#Cc1ccc(-c2ccc3c4c(ccc(-c5ccc(-c6ccc(-c7nc(-c8ccccc8)cc(-c8ccccc8)n7)cc6)c6ccccc56)c24)-c2ccccc2-3)cc1. The molecule has 2 heterocycles. The van der Waals surface area contributed by atoms with Gasteiger partial charge in [-0.3, -0.25) is 0 Å². The topological polar surface area (TPSA) is 99.1 Å². The fourth-order valence-corrected chi connectivity index (χ4v) is 17.5. The van der Waals surface area contributed by atoms with Gasteiger partial charge in [0.05, 0.1) is 46.0 Å². The van der Waals surface area contributed by atoms with E-state index in [1.54, 1.807) is 0 Å². The van der Waals surface area contributed by atoms with Gasteiger partial charge in [0, 0.05) is 33.4 Å². The van der Waals surface area contributed by atoms with Crippen LogP contribution in [0.25, 0.3) is 223 Å². The molecule has 2 aromatic heterocycles. The number of fused-ring (bicyclic) bond motifs is 7. The van der Waals surface area contributed by atoms with Crippen molar-refractivity contribution in [3.8, 4) is 202 Å². The lowest BCUT2D eigenvalue weighted by Crippen LogP contribution is -1.96. The van der Waals surface area contributed by atoms with Crippen molar-refractivity contribution in [2.45, 2.75) is 0 Å². The maximum absolute atomic E-state index is 9.56. The normalized spacial score (nSPS) is 11.4. The molecule has 0 radical (unpaired) electrons. The zero-order valence-corrected chi connectivity index (χ0v) is 63.9. The van der Waals surface area contributed by atoms with Gasteiger partial charge in [-0.15, -0.1) is 0 Å². The first kappa shape index (κ1) is 69.8. The molecule has 22 rings (SSSR count). The van der Waals surface area contributed by atoms with E-state index >= 15 is 0 Å². The van der Waals surface area contributed by atoms with Crippen molar-refractivity contribution in [3.63, 3.8) is 0 Å². The molecule has 0 aliphatic heterocycles. The molecule has 0 amide bonds. The molecule has 20 aromatic rings. The van der Waals surface area contributed by atoms with Crippen LogP contribution in [0, 0.1) is 22.7 Å². The maximum Gasteiger partial charge on any atom is 0.160 e. The number of hydrogen-bond donors (Lipinski definition) is 0. The molecule has 0 saturated heterocycles. The van der Waals surface area contributed by atoms with Crippen LogP contribution in [-0.4, -0.2) is 19.9 Å². The predicted octanol–water partition coefficient (Wildman–Crippen LogP) is 29.1. The third kappa shape index (κ3) is 12.6. The molecule has 0 N–H and O–H groups in total. The van der Waals surface area contributed by atoms with Gasteiger partial charge in [-0.25, -0.2) is 19.9 Å². The molecule has 0 atom stereocenters. The summed E-state index contributed by atoms with van der Waals surface area (Å²) in [6.07, 6.45) is 0. The second kappa shape index (κ2) is 29.8. The number of aromatic nitrogens is 4. The second-order valence-electron chi connectivity index (χ2n) is 30.0. The maximum atomic E-state index is 9.56. The molecule has 0 spiro atoms. The quantitative estimate of drug-likeness (QED) is 0.114. The molecule has 2 aliphatic rings. The highest BCUT2D eigenvalue weighted by atomic mass is 14.9. The van der Waals surface area contributed by atoms with Gasteiger partial charge in [0.15, 0.2) is 11.6 Å². The highest BCUT2D eigenvalue weighted by Gasteiger charge is 2.28. The Hall–Kier alpha value is -16.1. The predicted molar refractivity (Wildman–Crippen MR) is 486 cm³/mol. The van der Waals surface area contributed by atoms with Crippen LogP contribution in [0.3, 0.4) is 0 Å². The van der Waals surface area contributed by atoms with E-state index in [4.69, 9.17) is 19.9 Å². The average Bonchev–Trinajstić information content (AvgIpc) is 1.52. The van der Waals surface area contributed by atoms with Gasteiger partial charge in [0.1, 0.15) is 0 Å². The lowest BCUT2D eigenvalue weighted by Gasteiger charge is -2.18. The highest BCUT2D eigenvalue weighted by molar-refractivity contribution is 6.25. The minimum atomic E-state index is 0.655. The number of hydrogen-bond acceptors (Lipinski definition) is 6. The van der Waals surface area contributed by atoms with E-state index in [1.807, 2.05) is 97.1 Å². The number of benzene rings is 18. The smallest absolute Gasteiger partial charge is 0.160 e. The van der Waals surface area contributed by atoms with Gasteiger partial charge >= 0.3 is 0 Å². The van der Waals surface area contributed by atoms with E-state index in [1.165, 1.54) is 110 Å². The summed E-state index contributed by atoms with van der Waals surface area (Å²) in [7, 11) is 0. The van der Waals surface area contributed by atoms with Gasteiger partial charge in [-0.05, 0) is 191 Å². The Kier molecular flexibility index (Phi) is 17.6. The van der Waals surface area contributed by atoms with Crippen LogP contribution in [0.2, 0.25) is 0 Å². The van der Waals surface area contributed by atoms with Gasteiger partial charge in [-0.2, -0.15) is 10.5 Å². The van der Waals surface area contributed by atoms with E-state index in [-0.39, 0.29) is 0 Å². The van der Waals surface area contributed by atoms with E-state index in [0.717, 1.165) is 101 Å². The lowest BCUT2D eigenvalue weighted by molar-refractivity contribution is 1.18. The van der Waals surface area contributed by atoms with Crippen LogP contribution in [0.4, 0.5) is 0 Å². The van der Waals surface area contributed by atoms with Gasteiger partial charge < -0.3 is 0 Å². The van der Waals surface area contributed by atoms with Crippen LogP contribution in [0.5, 0.6) is 0 Å². The molecule has 18 aromatic carbocycles. The third-order valence-electron chi connectivity index (χ3n) is 23.3. The third-order valence-corrected chi connectivity index (χ3v) is 23.3. The van der Waals surface area contributed by atoms with E-state index in [2.05, 4.69) is 328 Å². The zero-order chi connectivity index (χ0) is 78.6. The molecule has 6 nitrogen and oxygen atoms in total. The summed E-state index contributed by atoms with van der Waals surface area (Å²) in [6, 6.07) is 150. The fourth-order valence-electron chi connectivity index (χ4n) is 17.5. The first-order chi connectivity index (χ1) is 58.4. The Morgan fingerprint density at radius 3 is 0.678 bits per heavy atom. The Morgan fingerprint density at radius 2 is 0.364 bits per heavy atom. The zero-order valence-electron chi connectivity index (χ0n) is 63.9. The molecule has 6 heteroatoms. The van der Waals surface area contributed by atoms with Gasteiger partial charge in [0.2, 0.25) is 0 Å². The standard InChI is InChI=1S/C57H35N3.C55H33N3/c58-36-37-15-17-42(18-16-37)47-31-33-51-49-13-7-8-14-50(49)52-34-32-48(55(47)56(51)52)43-27-23-40(24-28-43)38-19-21-39(22-20-38)41-25-29-46(30-26-41)57-59-53(44-9-3-1-4-10-44)35-54(60-57)45-11-5-2-6-12-45;56-34-35-19-21-37(22-20-35)42-28-30-48-45-17-9-10-18-46(45)49-31-32-50(53(42)54(48)49)47-29-27-41(43-15-7-8-16-44(43)47)36-23-25-40(26-24-36)55-57-51(38-11-3-1-4-12-38)33-52(58-55)39-13-5-2-6-14-39/h1-35H;1-33H. The second-order valence-corrected chi connectivity index (χ2v) is 30.0. The highest BCUT2D eigenvalue weighted by Crippen LogP contribution is 2.55. The first-order valence-corrected chi connectivity index (χ1v) is 39.7. The van der Waals surface area contributed by atoms with Crippen LogP contribution in [0.1, 0.15) is 11.1 Å². The van der Waals surface area contributed by atoms with Crippen molar-refractivity contribution in [1.82, 2.24) is 19.9 Å².